The van der Waals surface area contributed by atoms with Gasteiger partial charge in [-0.05, 0) is 29.8 Å². The molecular weight excluding hydrogens is 245 g/mol. The van der Waals surface area contributed by atoms with Crippen molar-refractivity contribution in [2.24, 2.45) is 0 Å². The van der Waals surface area contributed by atoms with E-state index in [0.29, 0.717) is 12.1 Å². The van der Waals surface area contributed by atoms with Crippen LogP contribution in [0.4, 0.5) is 15.9 Å². The maximum Gasteiger partial charge on any atom is 0.128 e. The lowest BCUT2D eigenvalue weighted by atomic mass is 10.2. The molecule has 1 aromatic carbocycles. The van der Waals surface area contributed by atoms with E-state index >= 15 is 0 Å². The first-order valence-corrected chi connectivity index (χ1v) is 5.90. The van der Waals surface area contributed by atoms with Gasteiger partial charge in [-0.25, -0.2) is 9.37 Å². The maximum absolute atomic E-state index is 13.1. The summed E-state index contributed by atoms with van der Waals surface area (Å²) in [5.74, 6) is 0.352. The number of phenolic OH excluding ortho intramolecular Hbond substituents is 1. The Labute approximate surface area is 111 Å². The highest BCUT2D eigenvalue weighted by Gasteiger charge is 2.01. The predicted octanol–water partition coefficient (Wildman–Crippen LogP) is 2.60. The van der Waals surface area contributed by atoms with Gasteiger partial charge in [0.15, 0.2) is 0 Å². The lowest BCUT2D eigenvalue weighted by molar-refractivity contribution is 0.468. The molecule has 0 fully saturated rings. The van der Waals surface area contributed by atoms with Crippen molar-refractivity contribution in [2.45, 2.75) is 6.54 Å². The Morgan fingerprint density at radius 2 is 2.05 bits per heavy atom. The van der Waals surface area contributed by atoms with E-state index in [0.717, 1.165) is 17.6 Å². The van der Waals surface area contributed by atoms with Gasteiger partial charge in [-0.2, -0.15) is 0 Å². The molecule has 0 spiro atoms. The number of anilines is 2. The third-order valence-corrected chi connectivity index (χ3v) is 2.65. The van der Waals surface area contributed by atoms with E-state index < -0.39 is 5.82 Å². The molecule has 0 saturated heterocycles. The minimum Gasteiger partial charge on any atom is -0.508 e. The molecule has 4 nitrogen and oxygen atoms in total. The van der Waals surface area contributed by atoms with Gasteiger partial charge in [-0.1, -0.05) is 0 Å². The summed E-state index contributed by atoms with van der Waals surface area (Å²) in [6, 6.07) is 7.79. The molecule has 0 bridgehead atoms. The smallest absolute Gasteiger partial charge is 0.128 e. The summed E-state index contributed by atoms with van der Waals surface area (Å²) < 4.78 is 13.1. The Bertz CT molecular complexity index is 535. The van der Waals surface area contributed by atoms with E-state index in [2.05, 4.69) is 10.3 Å². The van der Waals surface area contributed by atoms with Gasteiger partial charge < -0.3 is 15.3 Å². The van der Waals surface area contributed by atoms with Crippen LogP contribution in [0.1, 0.15) is 5.56 Å². The topological polar surface area (TPSA) is 48.4 Å². The van der Waals surface area contributed by atoms with Crippen molar-refractivity contribution in [3.05, 3.63) is 47.9 Å². The van der Waals surface area contributed by atoms with E-state index in [1.807, 2.05) is 31.1 Å². The molecule has 2 N–H and O–H groups in total. The molecule has 0 saturated carbocycles. The van der Waals surface area contributed by atoms with Crippen LogP contribution in [0.3, 0.4) is 0 Å². The van der Waals surface area contributed by atoms with Crippen LogP contribution < -0.4 is 10.2 Å². The second kappa shape index (κ2) is 5.56. The van der Waals surface area contributed by atoms with Crippen LogP contribution >= 0.6 is 0 Å². The van der Waals surface area contributed by atoms with Gasteiger partial charge in [-0.15, -0.1) is 0 Å². The first-order chi connectivity index (χ1) is 9.04. The quantitative estimate of drug-likeness (QED) is 0.888. The lowest BCUT2D eigenvalue weighted by Crippen LogP contribution is -2.10. The number of hydrogen-bond donors (Lipinski definition) is 2. The largest absolute Gasteiger partial charge is 0.508 e. The van der Waals surface area contributed by atoms with Gasteiger partial charge in [0.2, 0.25) is 0 Å². The fraction of sp³-hybridized carbons (Fsp3) is 0.214. The second-order valence-corrected chi connectivity index (χ2v) is 4.47. The molecule has 1 aromatic heterocycles. The molecule has 1 heterocycles. The Balaban J connectivity index is 2.02. The second-order valence-electron chi connectivity index (χ2n) is 4.47. The predicted molar refractivity (Wildman–Crippen MR) is 74.0 cm³/mol. The van der Waals surface area contributed by atoms with Crippen LogP contribution in [0, 0.1) is 5.82 Å². The van der Waals surface area contributed by atoms with Crippen LogP contribution in [0.2, 0.25) is 0 Å². The third-order valence-electron chi connectivity index (χ3n) is 2.65. The normalized spacial score (nSPS) is 10.3. The molecule has 0 aliphatic rings. The lowest BCUT2D eigenvalue weighted by Gasteiger charge is -2.12. The van der Waals surface area contributed by atoms with Crippen LogP contribution in [0.25, 0.3) is 0 Å². The molecular formula is C14H16FN3O. The van der Waals surface area contributed by atoms with Crippen molar-refractivity contribution in [2.75, 3.05) is 24.3 Å². The summed E-state index contributed by atoms with van der Waals surface area (Å²) in [6.07, 6.45) is 1.72. The van der Waals surface area contributed by atoms with Crippen LogP contribution in [-0.2, 0) is 6.54 Å². The average Bonchev–Trinajstić information content (AvgIpc) is 2.36. The van der Waals surface area contributed by atoms with Crippen LogP contribution in [-0.4, -0.2) is 24.2 Å². The van der Waals surface area contributed by atoms with Gasteiger partial charge in [0, 0.05) is 26.7 Å². The molecule has 0 atom stereocenters. The minimum atomic E-state index is -0.446. The van der Waals surface area contributed by atoms with Crippen LogP contribution in [0.5, 0.6) is 5.75 Å². The van der Waals surface area contributed by atoms with Crippen LogP contribution in [0.15, 0.2) is 36.5 Å². The zero-order valence-corrected chi connectivity index (χ0v) is 10.9. The number of hydrogen-bond acceptors (Lipinski definition) is 4. The summed E-state index contributed by atoms with van der Waals surface area (Å²) in [7, 11) is 3.84. The highest BCUT2D eigenvalue weighted by atomic mass is 19.1. The molecule has 0 unspecified atom stereocenters. The van der Waals surface area contributed by atoms with Crippen molar-refractivity contribution in [3.63, 3.8) is 0 Å². The Hall–Kier alpha value is -2.30. The van der Waals surface area contributed by atoms with Crippen molar-refractivity contribution in [1.82, 2.24) is 4.98 Å². The number of rotatable bonds is 4. The SMILES string of the molecule is CN(C)c1ccc(NCc2cc(O)cc(F)c2)cn1. The number of aromatic nitrogens is 1. The zero-order valence-electron chi connectivity index (χ0n) is 10.9. The van der Waals surface area contributed by atoms with Crippen molar-refractivity contribution in [3.8, 4) is 5.75 Å². The average molecular weight is 261 g/mol. The summed E-state index contributed by atoms with van der Waals surface area (Å²) in [4.78, 5) is 6.18. The molecule has 2 aromatic rings. The summed E-state index contributed by atoms with van der Waals surface area (Å²) in [5, 5.41) is 12.4. The Morgan fingerprint density at radius 3 is 2.63 bits per heavy atom. The third kappa shape index (κ3) is 3.58. The molecule has 5 heteroatoms. The number of nitrogens with one attached hydrogen (secondary N) is 1. The van der Waals surface area contributed by atoms with Crippen molar-refractivity contribution >= 4 is 11.5 Å². The maximum atomic E-state index is 13.1. The highest BCUT2D eigenvalue weighted by molar-refractivity contribution is 5.48. The van der Waals surface area contributed by atoms with E-state index in [-0.39, 0.29) is 5.75 Å². The van der Waals surface area contributed by atoms with Gasteiger partial charge in [0.05, 0.1) is 11.9 Å². The number of pyridine rings is 1. The molecule has 19 heavy (non-hydrogen) atoms. The zero-order chi connectivity index (χ0) is 13.8. The monoisotopic (exact) mass is 261 g/mol. The first kappa shape index (κ1) is 13.1. The number of benzene rings is 1. The molecule has 2 rings (SSSR count). The Morgan fingerprint density at radius 1 is 1.26 bits per heavy atom. The number of nitrogens with zero attached hydrogens (tertiary/aromatic N) is 2. The van der Waals surface area contributed by atoms with Gasteiger partial charge in [0.25, 0.3) is 0 Å². The fourth-order valence-corrected chi connectivity index (χ4v) is 1.69. The van der Waals surface area contributed by atoms with E-state index in [1.165, 1.54) is 12.1 Å². The van der Waals surface area contributed by atoms with Gasteiger partial charge in [-0.3, -0.25) is 0 Å². The summed E-state index contributed by atoms with van der Waals surface area (Å²) in [5.41, 5.74) is 1.52. The molecule has 100 valence electrons. The number of aromatic hydroxyl groups is 1. The van der Waals surface area contributed by atoms with Crippen molar-refractivity contribution in [1.29, 1.82) is 0 Å². The van der Waals surface area contributed by atoms with E-state index in [1.54, 1.807) is 6.20 Å². The van der Waals surface area contributed by atoms with Crippen molar-refractivity contribution < 1.29 is 9.50 Å². The molecule has 0 aliphatic heterocycles. The summed E-state index contributed by atoms with van der Waals surface area (Å²) >= 11 is 0. The molecule has 0 amide bonds. The Kier molecular flexibility index (Phi) is 3.85. The highest BCUT2D eigenvalue weighted by Crippen LogP contribution is 2.17. The standard InChI is InChI=1S/C14H16FN3O/c1-18(2)14-4-3-12(9-17-14)16-8-10-5-11(15)7-13(19)6-10/h3-7,9,16,19H,8H2,1-2H3. The number of phenols is 1. The number of halogens is 1. The molecule has 0 aliphatic carbocycles. The van der Waals surface area contributed by atoms with E-state index in [9.17, 15) is 9.50 Å². The fourth-order valence-electron chi connectivity index (χ4n) is 1.69. The summed E-state index contributed by atoms with van der Waals surface area (Å²) in [6.45, 7) is 0.425. The van der Waals surface area contributed by atoms with E-state index in [4.69, 9.17) is 0 Å². The first-order valence-electron chi connectivity index (χ1n) is 5.90. The minimum absolute atomic E-state index is 0.0714. The van der Waals surface area contributed by atoms with Gasteiger partial charge >= 0.3 is 0 Å². The molecule has 0 radical (unpaired) electrons. The van der Waals surface area contributed by atoms with Gasteiger partial charge in [0.1, 0.15) is 17.4 Å².